The standard InChI is InChI=1S/C11H20F4/c1-6-8(2)7-10(12,9(3,4)5)11(13,14)15/h8H,6-7H2,1-5H3. The van der Waals surface area contributed by atoms with Gasteiger partial charge in [-0.2, -0.15) is 13.2 Å². The lowest BCUT2D eigenvalue weighted by Gasteiger charge is -2.40. The summed E-state index contributed by atoms with van der Waals surface area (Å²) in [6, 6.07) is 0. The van der Waals surface area contributed by atoms with Gasteiger partial charge in [0.2, 0.25) is 5.67 Å². The van der Waals surface area contributed by atoms with Crippen LogP contribution in [0.15, 0.2) is 0 Å². The first-order valence-corrected chi connectivity index (χ1v) is 5.21. The van der Waals surface area contributed by atoms with Gasteiger partial charge in [0.1, 0.15) is 0 Å². The third-order valence-electron chi connectivity index (χ3n) is 2.96. The van der Waals surface area contributed by atoms with Crippen LogP contribution in [-0.2, 0) is 0 Å². The van der Waals surface area contributed by atoms with Crippen molar-refractivity contribution in [1.82, 2.24) is 0 Å². The summed E-state index contributed by atoms with van der Waals surface area (Å²) in [5.41, 5.74) is -4.52. The highest BCUT2D eigenvalue weighted by atomic mass is 19.4. The monoisotopic (exact) mass is 228 g/mol. The lowest BCUT2D eigenvalue weighted by atomic mass is 9.72. The van der Waals surface area contributed by atoms with E-state index in [1.165, 1.54) is 20.8 Å². The third-order valence-corrected chi connectivity index (χ3v) is 2.96. The molecule has 0 rings (SSSR count). The minimum atomic E-state index is -4.80. The fourth-order valence-corrected chi connectivity index (χ4v) is 1.47. The molecule has 92 valence electrons. The molecule has 0 N–H and O–H groups in total. The van der Waals surface area contributed by atoms with Gasteiger partial charge in [-0.3, -0.25) is 0 Å². The van der Waals surface area contributed by atoms with E-state index in [0.29, 0.717) is 6.42 Å². The minimum absolute atomic E-state index is 0.268. The first kappa shape index (κ1) is 14.7. The van der Waals surface area contributed by atoms with Gasteiger partial charge < -0.3 is 0 Å². The molecular weight excluding hydrogens is 208 g/mol. The SMILES string of the molecule is CCC(C)CC(F)(C(C)(C)C)C(F)(F)F. The molecule has 0 aliphatic heterocycles. The number of hydrogen-bond donors (Lipinski definition) is 0. The highest BCUT2D eigenvalue weighted by molar-refractivity contribution is 4.98. The summed E-state index contributed by atoms with van der Waals surface area (Å²) in [6.45, 7) is 7.30. The molecule has 0 radical (unpaired) electrons. The first-order chi connectivity index (χ1) is 6.45. The van der Waals surface area contributed by atoms with Gasteiger partial charge in [-0.25, -0.2) is 4.39 Å². The molecule has 0 fully saturated rings. The molecule has 4 heteroatoms. The molecule has 0 aromatic heterocycles. The third kappa shape index (κ3) is 3.08. The highest BCUT2D eigenvalue weighted by Crippen LogP contribution is 2.50. The zero-order valence-corrected chi connectivity index (χ0v) is 10.0. The van der Waals surface area contributed by atoms with E-state index < -0.39 is 23.7 Å². The van der Waals surface area contributed by atoms with E-state index in [4.69, 9.17) is 0 Å². The van der Waals surface area contributed by atoms with Crippen molar-refractivity contribution in [1.29, 1.82) is 0 Å². The van der Waals surface area contributed by atoms with E-state index in [1.807, 2.05) is 0 Å². The molecule has 0 bridgehead atoms. The normalized spacial score (nSPS) is 19.8. The Labute approximate surface area is 89.1 Å². The lowest BCUT2D eigenvalue weighted by Crippen LogP contribution is -2.52. The van der Waals surface area contributed by atoms with Crippen LogP contribution in [0.2, 0.25) is 0 Å². The van der Waals surface area contributed by atoms with Crippen LogP contribution in [0, 0.1) is 11.3 Å². The van der Waals surface area contributed by atoms with Gasteiger partial charge >= 0.3 is 6.18 Å². The van der Waals surface area contributed by atoms with Crippen molar-refractivity contribution in [3.8, 4) is 0 Å². The first-order valence-electron chi connectivity index (χ1n) is 5.21. The molecule has 0 amide bonds. The predicted molar refractivity (Wildman–Crippen MR) is 53.4 cm³/mol. The Hall–Kier alpha value is -0.280. The summed E-state index contributed by atoms with van der Waals surface area (Å²) >= 11 is 0. The Balaban J connectivity index is 5.06. The molecule has 0 aromatic rings. The van der Waals surface area contributed by atoms with Crippen LogP contribution in [-0.4, -0.2) is 11.8 Å². The van der Waals surface area contributed by atoms with Gasteiger partial charge in [-0.05, 0) is 12.3 Å². The van der Waals surface area contributed by atoms with Gasteiger partial charge in [0.05, 0.1) is 0 Å². The van der Waals surface area contributed by atoms with Gasteiger partial charge in [0.15, 0.2) is 0 Å². The fourth-order valence-electron chi connectivity index (χ4n) is 1.47. The fraction of sp³-hybridized carbons (Fsp3) is 1.00. The summed E-state index contributed by atoms with van der Waals surface area (Å²) in [6.07, 6.45) is -4.71. The Kier molecular flexibility index (Phi) is 4.22. The molecule has 0 aromatic carbocycles. The lowest BCUT2D eigenvalue weighted by molar-refractivity contribution is -0.268. The zero-order valence-electron chi connectivity index (χ0n) is 10.0. The van der Waals surface area contributed by atoms with E-state index in [9.17, 15) is 17.6 Å². The van der Waals surface area contributed by atoms with Gasteiger partial charge in [-0.1, -0.05) is 41.0 Å². The maximum Gasteiger partial charge on any atom is 0.423 e. The van der Waals surface area contributed by atoms with Crippen molar-refractivity contribution >= 4 is 0 Å². The van der Waals surface area contributed by atoms with Crippen LogP contribution in [0.5, 0.6) is 0 Å². The van der Waals surface area contributed by atoms with E-state index in [1.54, 1.807) is 13.8 Å². The average Bonchev–Trinajstić information content (AvgIpc) is 1.99. The Bertz CT molecular complexity index is 186. The molecule has 0 heterocycles. The summed E-state index contributed by atoms with van der Waals surface area (Å²) in [5, 5.41) is 0. The smallest absolute Gasteiger partial charge is 0.233 e. The summed E-state index contributed by atoms with van der Waals surface area (Å²) in [7, 11) is 0. The number of halogens is 4. The Morgan fingerprint density at radius 2 is 1.40 bits per heavy atom. The van der Waals surface area contributed by atoms with Crippen LogP contribution in [0.1, 0.15) is 47.5 Å². The Morgan fingerprint density at radius 3 is 1.60 bits per heavy atom. The molecule has 0 aliphatic carbocycles. The maximum absolute atomic E-state index is 14.1. The van der Waals surface area contributed by atoms with Crippen LogP contribution in [0.4, 0.5) is 17.6 Å². The number of alkyl halides is 4. The van der Waals surface area contributed by atoms with Crippen molar-refractivity contribution in [3.63, 3.8) is 0 Å². The van der Waals surface area contributed by atoms with Crippen molar-refractivity contribution in [2.24, 2.45) is 11.3 Å². The summed E-state index contributed by atoms with van der Waals surface area (Å²) < 4.78 is 52.3. The van der Waals surface area contributed by atoms with Crippen molar-refractivity contribution < 1.29 is 17.6 Å². The number of rotatable bonds is 3. The van der Waals surface area contributed by atoms with E-state index in [2.05, 4.69) is 0 Å². The molecule has 0 nitrogen and oxygen atoms in total. The zero-order chi connectivity index (χ0) is 12.5. The van der Waals surface area contributed by atoms with Gasteiger partial charge in [-0.15, -0.1) is 0 Å². The summed E-state index contributed by atoms with van der Waals surface area (Å²) in [4.78, 5) is 0. The highest BCUT2D eigenvalue weighted by Gasteiger charge is 2.62. The van der Waals surface area contributed by atoms with E-state index >= 15 is 0 Å². The second-order valence-corrected chi connectivity index (χ2v) is 5.27. The van der Waals surface area contributed by atoms with E-state index in [0.717, 1.165) is 0 Å². The molecule has 0 aliphatic rings. The summed E-state index contributed by atoms with van der Waals surface area (Å²) in [5.74, 6) is -0.268. The minimum Gasteiger partial charge on any atom is -0.233 e. The van der Waals surface area contributed by atoms with Crippen molar-refractivity contribution in [2.45, 2.75) is 59.3 Å². The van der Waals surface area contributed by atoms with Gasteiger partial charge in [0.25, 0.3) is 0 Å². The quantitative estimate of drug-likeness (QED) is 0.612. The topological polar surface area (TPSA) is 0 Å². The van der Waals surface area contributed by atoms with Crippen LogP contribution < -0.4 is 0 Å². The largest absolute Gasteiger partial charge is 0.423 e. The van der Waals surface area contributed by atoms with Gasteiger partial charge in [0, 0.05) is 5.41 Å². The molecule has 0 spiro atoms. The molecule has 0 saturated carbocycles. The predicted octanol–water partition coefficient (Wildman–Crippen LogP) is 4.74. The molecule has 0 saturated heterocycles. The molecular formula is C11H20F4. The molecule has 15 heavy (non-hydrogen) atoms. The van der Waals surface area contributed by atoms with E-state index in [-0.39, 0.29) is 5.92 Å². The van der Waals surface area contributed by atoms with Crippen LogP contribution >= 0.6 is 0 Å². The Morgan fingerprint density at radius 1 is 1.00 bits per heavy atom. The van der Waals surface area contributed by atoms with Crippen LogP contribution in [0.3, 0.4) is 0 Å². The second-order valence-electron chi connectivity index (χ2n) is 5.27. The van der Waals surface area contributed by atoms with Crippen LogP contribution in [0.25, 0.3) is 0 Å². The van der Waals surface area contributed by atoms with Crippen molar-refractivity contribution in [3.05, 3.63) is 0 Å². The maximum atomic E-state index is 14.1. The van der Waals surface area contributed by atoms with Crippen molar-refractivity contribution in [2.75, 3.05) is 0 Å². The second kappa shape index (κ2) is 4.30. The number of hydrogen-bond acceptors (Lipinski definition) is 0. The average molecular weight is 228 g/mol. The molecule has 2 atom stereocenters. The molecule has 2 unspecified atom stereocenters.